The van der Waals surface area contributed by atoms with Crippen LogP contribution in [0.15, 0.2) is 4.52 Å². The normalized spacial score (nSPS) is 23.9. The third-order valence-electron chi connectivity index (χ3n) is 3.48. The first-order chi connectivity index (χ1) is 8.09. The molecular formula is C12H19N3O2. The maximum Gasteiger partial charge on any atom is 0.224 e. The molecule has 0 radical (unpaired) electrons. The van der Waals surface area contributed by atoms with Crippen molar-refractivity contribution in [2.24, 2.45) is 5.92 Å². The van der Waals surface area contributed by atoms with E-state index in [-0.39, 0.29) is 17.9 Å². The third-order valence-corrected chi connectivity index (χ3v) is 3.48. The van der Waals surface area contributed by atoms with Gasteiger partial charge in [-0.1, -0.05) is 5.16 Å². The second-order valence-corrected chi connectivity index (χ2v) is 4.66. The number of aryl methyl sites for hydroxylation is 2. The standard InChI is InChI=1S/C12H19N3O2/c1-7-10(4-5-13-7)12(16)14-6-11-8(2)15-17-9(11)3/h7,10,13H,4-6H2,1-3H3,(H,14,16). The smallest absolute Gasteiger partial charge is 0.224 e. The lowest BCUT2D eigenvalue weighted by Gasteiger charge is -2.14. The van der Waals surface area contributed by atoms with Gasteiger partial charge in [0.25, 0.3) is 0 Å². The quantitative estimate of drug-likeness (QED) is 0.820. The van der Waals surface area contributed by atoms with Gasteiger partial charge in [-0.15, -0.1) is 0 Å². The monoisotopic (exact) mass is 237 g/mol. The zero-order valence-corrected chi connectivity index (χ0v) is 10.5. The highest BCUT2D eigenvalue weighted by Gasteiger charge is 2.29. The van der Waals surface area contributed by atoms with Gasteiger partial charge in [-0.3, -0.25) is 4.79 Å². The van der Waals surface area contributed by atoms with Crippen molar-refractivity contribution < 1.29 is 9.32 Å². The predicted molar refractivity (Wildman–Crippen MR) is 63.4 cm³/mol. The topological polar surface area (TPSA) is 67.2 Å². The van der Waals surface area contributed by atoms with Crippen LogP contribution in [0.3, 0.4) is 0 Å². The summed E-state index contributed by atoms with van der Waals surface area (Å²) in [6, 6.07) is 0.264. The molecule has 0 bridgehead atoms. The van der Waals surface area contributed by atoms with Crippen molar-refractivity contribution >= 4 is 5.91 Å². The van der Waals surface area contributed by atoms with E-state index < -0.39 is 0 Å². The lowest BCUT2D eigenvalue weighted by atomic mass is 10.0. The minimum Gasteiger partial charge on any atom is -0.361 e. The van der Waals surface area contributed by atoms with E-state index in [1.165, 1.54) is 0 Å². The Labute approximate surface area is 101 Å². The van der Waals surface area contributed by atoms with Crippen LogP contribution in [0.2, 0.25) is 0 Å². The zero-order valence-electron chi connectivity index (χ0n) is 10.5. The van der Waals surface area contributed by atoms with Crippen molar-refractivity contribution in [3.8, 4) is 0 Å². The van der Waals surface area contributed by atoms with E-state index in [4.69, 9.17) is 4.52 Å². The second-order valence-electron chi connectivity index (χ2n) is 4.66. The molecule has 0 aliphatic carbocycles. The lowest BCUT2D eigenvalue weighted by Crippen LogP contribution is -2.36. The molecule has 1 aromatic rings. The number of rotatable bonds is 3. The van der Waals surface area contributed by atoms with E-state index in [9.17, 15) is 4.79 Å². The Kier molecular flexibility index (Phi) is 3.47. The van der Waals surface area contributed by atoms with Crippen molar-refractivity contribution in [3.63, 3.8) is 0 Å². The highest BCUT2D eigenvalue weighted by Crippen LogP contribution is 2.16. The summed E-state index contributed by atoms with van der Waals surface area (Å²) < 4.78 is 5.06. The Hall–Kier alpha value is -1.36. The Morgan fingerprint density at radius 1 is 1.59 bits per heavy atom. The second kappa shape index (κ2) is 4.87. The molecule has 0 spiro atoms. The summed E-state index contributed by atoms with van der Waals surface area (Å²) in [5.74, 6) is 0.971. The number of carbonyl (C=O) groups excluding carboxylic acids is 1. The van der Waals surface area contributed by atoms with Gasteiger partial charge in [-0.25, -0.2) is 0 Å². The molecule has 5 heteroatoms. The fraction of sp³-hybridized carbons (Fsp3) is 0.667. The van der Waals surface area contributed by atoms with Crippen molar-refractivity contribution in [2.75, 3.05) is 6.54 Å². The minimum atomic E-state index is 0.0791. The number of nitrogens with zero attached hydrogens (tertiary/aromatic N) is 1. The van der Waals surface area contributed by atoms with Crippen LogP contribution in [0.25, 0.3) is 0 Å². The van der Waals surface area contributed by atoms with Crippen LogP contribution in [0.5, 0.6) is 0 Å². The number of hydrogen-bond acceptors (Lipinski definition) is 4. The van der Waals surface area contributed by atoms with Crippen molar-refractivity contribution in [1.29, 1.82) is 0 Å². The molecule has 2 atom stereocenters. The van der Waals surface area contributed by atoms with Gasteiger partial charge in [0.15, 0.2) is 0 Å². The largest absolute Gasteiger partial charge is 0.361 e. The number of aromatic nitrogens is 1. The van der Waals surface area contributed by atoms with Crippen molar-refractivity contribution in [3.05, 3.63) is 17.0 Å². The van der Waals surface area contributed by atoms with E-state index in [2.05, 4.69) is 15.8 Å². The predicted octanol–water partition coefficient (Wildman–Crippen LogP) is 0.906. The summed E-state index contributed by atoms with van der Waals surface area (Å²) >= 11 is 0. The lowest BCUT2D eigenvalue weighted by molar-refractivity contribution is -0.125. The summed E-state index contributed by atoms with van der Waals surface area (Å²) in [5.41, 5.74) is 1.83. The fourth-order valence-corrected chi connectivity index (χ4v) is 2.28. The van der Waals surface area contributed by atoms with Gasteiger partial charge in [0.1, 0.15) is 5.76 Å². The molecule has 94 valence electrons. The Morgan fingerprint density at radius 2 is 2.35 bits per heavy atom. The minimum absolute atomic E-state index is 0.0791. The summed E-state index contributed by atoms with van der Waals surface area (Å²) in [5, 5.41) is 10.1. The number of nitrogens with one attached hydrogen (secondary N) is 2. The molecule has 1 saturated heterocycles. The molecule has 1 aliphatic heterocycles. The van der Waals surface area contributed by atoms with Gasteiger partial charge < -0.3 is 15.2 Å². The SMILES string of the molecule is Cc1noc(C)c1CNC(=O)C1CCNC1C. The molecule has 2 unspecified atom stereocenters. The van der Waals surface area contributed by atoms with Gasteiger partial charge >= 0.3 is 0 Å². The van der Waals surface area contributed by atoms with E-state index in [1.807, 2.05) is 20.8 Å². The van der Waals surface area contributed by atoms with Crippen LogP contribution in [0.4, 0.5) is 0 Å². The van der Waals surface area contributed by atoms with Crippen molar-refractivity contribution in [1.82, 2.24) is 15.8 Å². The van der Waals surface area contributed by atoms with Crippen LogP contribution in [0.1, 0.15) is 30.4 Å². The first-order valence-corrected chi connectivity index (χ1v) is 6.02. The van der Waals surface area contributed by atoms with Gasteiger partial charge in [-0.2, -0.15) is 0 Å². The van der Waals surface area contributed by atoms with Crippen LogP contribution >= 0.6 is 0 Å². The summed E-state index contributed by atoms with van der Waals surface area (Å²) in [6.07, 6.45) is 0.911. The van der Waals surface area contributed by atoms with Crippen LogP contribution in [0, 0.1) is 19.8 Å². The average molecular weight is 237 g/mol. The van der Waals surface area contributed by atoms with E-state index in [0.29, 0.717) is 6.54 Å². The molecule has 1 aliphatic rings. The molecule has 0 aromatic carbocycles. The summed E-state index contributed by atoms with van der Waals surface area (Å²) in [7, 11) is 0. The Morgan fingerprint density at radius 3 is 2.88 bits per heavy atom. The van der Waals surface area contributed by atoms with Gasteiger partial charge in [-0.05, 0) is 33.7 Å². The molecule has 2 rings (SSSR count). The molecule has 17 heavy (non-hydrogen) atoms. The van der Waals surface area contributed by atoms with E-state index in [0.717, 1.165) is 30.0 Å². The molecule has 1 aromatic heterocycles. The molecule has 2 heterocycles. The number of amides is 1. The van der Waals surface area contributed by atoms with Gasteiger partial charge in [0.2, 0.25) is 5.91 Å². The summed E-state index contributed by atoms with van der Waals surface area (Å²) in [6.45, 7) is 7.22. The third kappa shape index (κ3) is 2.49. The molecule has 1 amide bonds. The molecule has 0 saturated carbocycles. The van der Waals surface area contributed by atoms with Gasteiger partial charge in [0.05, 0.1) is 11.6 Å². The maximum atomic E-state index is 12.0. The molecule has 2 N–H and O–H groups in total. The van der Waals surface area contributed by atoms with Crippen LogP contribution in [-0.4, -0.2) is 23.7 Å². The van der Waals surface area contributed by atoms with Crippen LogP contribution < -0.4 is 10.6 Å². The van der Waals surface area contributed by atoms with Gasteiger partial charge in [0, 0.05) is 18.2 Å². The van der Waals surface area contributed by atoms with E-state index >= 15 is 0 Å². The zero-order chi connectivity index (χ0) is 12.4. The number of carbonyl (C=O) groups is 1. The molecule has 5 nitrogen and oxygen atoms in total. The summed E-state index contributed by atoms with van der Waals surface area (Å²) in [4.78, 5) is 12.0. The average Bonchev–Trinajstić information content (AvgIpc) is 2.84. The Bertz CT molecular complexity index is 394. The first-order valence-electron chi connectivity index (χ1n) is 6.02. The highest BCUT2D eigenvalue weighted by molar-refractivity contribution is 5.79. The maximum absolute atomic E-state index is 12.0. The van der Waals surface area contributed by atoms with Crippen molar-refractivity contribution in [2.45, 2.75) is 39.8 Å². The first kappa shape index (κ1) is 12.1. The Balaban J connectivity index is 1.92. The van der Waals surface area contributed by atoms with E-state index in [1.54, 1.807) is 0 Å². The van der Waals surface area contributed by atoms with Crippen LogP contribution in [-0.2, 0) is 11.3 Å². The highest BCUT2D eigenvalue weighted by atomic mass is 16.5. The fourth-order valence-electron chi connectivity index (χ4n) is 2.28. The molecular weight excluding hydrogens is 218 g/mol. The molecule has 1 fully saturated rings. The number of hydrogen-bond donors (Lipinski definition) is 2.